The number of aliphatic hydroxyl groups excluding tert-OH is 1. The fraction of sp³-hybridized carbons (Fsp3) is 0.538. The van der Waals surface area contributed by atoms with Gasteiger partial charge in [-0.1, -0.05) is 30.3 Å². The van der Waals surface area contributed by atoms with Crippen LogP contribution in [0, 0.1) is 0 Å². The van der Waals surface area contributed by atoms with Crippen LogP contribution < -0.4 is 0 Å². The number of aliphatic hydroxyl groups is 1. The van der Waals surface area contributed by atoms with Gasteiger partial charge in [0.25, 0.3) is 0 Å². The fourth-order valence-corrected chi connectivity index (χ4v) is 3.23. The van der Waals surface area contributed by atoms with Crippen LogP contribution in [0.25, 0.3) is 0 Å². The lowest BCUT2D eigenvalue weighted by molar-refractivity contribution is 0.132. The lowest BCUT2D eigenvalue weighted by Crippen LogP contribution is -2.19. The molecule has 1 saturated carbocycles. The molecule has 82 valence electrons. The summed E-state index contributed by atoms with van der Waals surface area (Å²) in [5, 5.41) is 10.2. The molecular weight excluding hydrogens is 204 g/mol. The summed E-state index contributed by atoms with van der Waals surface area (Å²) in [4.78, 5) is 0. The minimum Gasteiger partial charge on any atom is -0.393 e. The van der Waals surface area contributed by atoms with Gasteiger partial charge in [0.05, 0.1) is 6.10 Å². The second kappa shape index (κ2) is 5.57. The van der Waals surface area contributed by atoms with E-state index in [2.05, 4.69) is 30.3 Å². The third-order valence-corrected chi connectivity index (χ3v) is 4.42. The Morgan fingerprint density at radius 1 is 1.07 bits per heavy atom. The molecule has 0 aliphatic heterocycles. The first kappa shape index (κ1) is 11.0. The molecule has 0 heterocycles. The van der Waals surface area contributed by atoms with Crippen LogP contribution >= 0.6 is 11.8 Å². The summed E-state index contributed by atoms with van der Waals surface area (Å²) in [6.45, 7) is 0. The van der Waals surface area contributed by atoms with E-state index in [4.69, 9.17) is 0 Å². The molecule has 0 unspecified atom stereocenters. The topological polar surface area (TPSA) is 20.2 Å². The maximum absolute atomic E-state index is 9.40. The van der Waals surface area contributed by atoms with Crippen molar-refractivity contribution in [1.29, 1.82) is 0 Å². The number of benzene rings is 1. The summed E-state index contributed by atoms with van der Waals surface area (Å²) < 4.78 is 0. The fourth-order valence-electron chi connectivity index (χ4n) is 2.00. The Kier molecular flexibility index (Phi) is 4.09. The van der Waals surface area contributed by atoms with Gasteiger partial charge in [-0.15, -0.1) is 0 Å². The summed E-state index contributed by atoms with van der Waals surface area (Å²) in [5.74, 6) is 1.11. The van der Waals surface area contributed by atoms with Gasteiger partial charge in [0, 0.05) is 11.0 Å². The van der Waals surface area contributed by atoms with Gasteiger partial charge < -0.3 is 5.11 Å². The first-order valence-electron chi connectivity index (χ1n) is 5.68. The van der Waals surface area contributed by atoms with E-state index in [0.717, 1.165) is 23.8 Å². The number of hydrogen-bond donors (Lipinski definition) is 1. The van der Waals surface area contributed by atoms with Crippen LogP contribution in [0.1, 0.15) is 31.2 Å². The highest BCUT2D eigenvalue weighted by atomic mass is 32.2. The molecule has 1 nitrogen and oxygen atoms in total. The molecule has 1 aliphatic carbocycles. The molecule has 0 amide bonds. The van der Waals surface area contributed by atoms with Gasteiger partial charge in [-0.05, 0) is 31.2 Å². The van der Waals surface area contributed by atoms with Crippen molar-refractivity contribution in [3.8, 4) is 0 Å². The molecule has 0 aromatic heterocycles. The molecule has 0 spiro atoms. The predicted octanol–water partition coefficient (Wildman–Crippen LogP) is 3.22. The Morgan fingerprint density at radius 3 is 2.40 bits per heavy atom. The standard InChI is InChI=1S/C13H18OS/c14-12-6-8-13(9-7-12)15-10-11-4-2-1-3-5-11/h1-5,12-14H,6-10H2. The Labute approximate surface area is 95.9 Å². The zero-order valence-corrected chi connectivity index (χ0v) is 9.75. The highest BCUT2D eigenvalue weighted by Crippen LogP contribution is 2.30. The Bertz CT molecular complexity index is 278. The molecular formula is C13H18OS. The maximum Gasteiger partial charge on any atom is 0.0541 e. The molecule has 1 aromatic carbocycles. The van der Waals surface area contributed by atoms with E-state index in [1.54, 1.807) is 0 Å². The smallest absolute Gasteiger partial charge is 0.0541 e. The zero-order valence-electron chi connectivity index (χ0n) is 8.93. The van der Waals surface area contributed by atoms with Crippen LogP contribution in [0.3, 0.4) is 0 Å². The molecule has 1 aliphatic rings. The highest BCUT2D eigenvalue weighted by Gasteiger charge is 2.19. The summed E-state index contributed by atoms with van der Waals surface area (Å²) in [7, 11) is 0. The summed E-state index contributed by atoms with van der Waals surface area (Å²) in [5.41, 5.74) is 1.41. The second-order valence-electron chi connectivity index (χ2n) is 4.23. The third-order valence-electron chi connectivity index (χ3n) is 2.97. The first-order chi connectivity index (χ1) is 7.34. The molecule has 0 saturated heterocycles. The number of hydrogen-bond acceptors (Lipinski definition) is 2. The van der Waals surface area contributed by atoms with Gasteiger partial charge >= 0.3 is 0 Å². The normalized spacial score (nSPS) is 26.5. The van der Waals surface area contributed by atoms with Crippen molar-refractivity contribution in [2.45, 2.75) is 42.8 Å². The van der Waals surface area contributed by atoms with Crippen molar-refractivity contribution in [1.82, 2.24) is 0 Å². The summed E-state index contributed by atoms with van der Waals surface area (Å²) >= 11 is 2.04. The lowest BCUT2D eigenvalue weighted by Gasteiger charge is -2.24. The van der Waals surface area contributed by atoms with Gasteiger partial charge in [0.1, 0.15) is 0 Å². The Balaban J connectivity index is 1.74. The van der Waals surface area contributed by atoms with Crippen molar-refractivity contribution >= 4 is 11.8 Å². The molecule has 1 N–H and O–H groups in total. The molecule has 1 fully saturated rings. The SMILES string of the molecule is OC1CCC(SCc2ccccc2)CC1. The molecule has 0 bridgehead atoms. The molecule has 15 heavy (non-hydrogen) atoms. The summed E-state index contributed by atoms with van der Waals surface area (Å²) in [6, 6.07) is 10.6. The van der Waals surface area contributed by atoms with Gasteiger partial charge in [0.15, 0.2) is 0 Å². The van der Waals surface area contributed by atoms with E-state index in [9.17, 15) is 5.11 Å². The highest BCUT2D eigenvalue weighted by molar-refractivity contribution is 7.99. The Morgan fingerprint density at radius 2 is 1.73 bits per heavy atom. The van der Waals surface area contributed by atoms with Crippen LogP contribution in [0.5, 0.6) is 0 Å². The van der Waals surface area contributed by atoms with Crippen LogP contribution in [0.4, 0.5) is 0 Å². The van der Waals surface area contributed by atoms with E-state index < -0.39 is 0 Å². The van der Waals surface area contributed by atoms with E-state index in [1.807, 2.05) is 11.8 Å². The van der Waals surface area contributed by atoms with E-state index >= 15 is 0 Å². The minimum atomic E-state index is -0.0291. The van der Waals surface area contributed by atoms with Crippen LogP contribution in [0.15, 0.2) is 30.3 Å². The average Bonchev–Trinajstić information content (AvgIpc) is 2.30. The van der Waals surface area contributed by atoms with Gasteiger partial charge in [-0.2, -0.15) is 11.8 Å². The van der Waals surface area contributed by atoms with Crippen LogP contribution in [-0.4, -0.2) is 16.5 Å². The lowest BCUT2D eigenvalue weighted by atomic mass is 9.97. The van der Waals surface area contributed by atoms with Crippen LogP contribution in [-0.2, 0) is 5.75 Å². The molecule has 2 rings (SSSR count). The molecule has 2 heteroatoms. The predicted molar refractivity (Wildman–Crippen MR) is 66.0 cm³/mol. The van der Waals surface area contributed by atoms with Gasteiger partial charge in [-0.3, -0.25) is 0 Å². The molecule has 1 aromatic rings. The largest absolute Gasteiger partial charge is 0.393 e. The van der Waals surface area contributed by atoms with Gasteiger partial charge in [0.2, 0.25) is 0 Å². The Hall–Kier alpha value is -0.470. The van der Waals surface area contributed by atoms with E-state index in [1.165, 1.54) is 18.4 Å². The maximum atomic E-state index is 9.40. The average molecular weight is 222 g/mol. The van der Waals surface area contributed by atoms with E-state index in [0.29, 0.717) is 0 Å². The van der Waals surface area contributed by atoms with E-state index in [-0.39, 0.29) is 6.10 Å². The van der Waals surface area contributed by atoms with Crippen molar-refractivity contribution in [2.24, 2.45) is 0 Å². The number of thioether (sulfide) groups is 1. The van der Waals surface area contributed by atoms with Crippen molar-refractivity contribution in [3.05, 3.63) is 35.9 Å². The third kappa shape index (κ3) is 3.54. The number of rotatable bonds is 3. The molecule has 0 radical (unpaired) electrons. The zero-order chi connectivity index (χ0) is 10.5. The second-order valence-corrected chi connectivity index (χ2v) is 5.52. The van der Waals surface area contributed by atoms with Crippen molar-refractivity contribution < 1.29 is 5.11 Å². The van der Waals surface area contributed by atoms with Gasteiger partial charge in [-0.25, -0.2) is 0 Å². The van der Waals surface area contributed by atoms with Crippen LogP contribution in [0.2, 0.25) is 0 Å². The van der Waals surface area contributed by atoms with Crippen molar-refractivity contribution in [3.63, 3.8) is 0 Å². The molecule has 0 atom stereocenters. The monoisotopic (exact) mass is 222 g/mol. The summed E-state index contributed by atoms with van der Waals surface area (Å²) in [6.07, 6.45) is 4.31. The minimum absolute atomic E-state index is 0.0291. The first-order valence-corrected chi connectivity index (χ1v) is 6.73. The quantitative estimate of drug-likeness (QED) is 0.847. The van der Waals surface area contributed by atoms with Crippen molar-refractivity contribution in [2.75, 3.05) is 0 Å².